The van der Waals surface area contributed by atoms with E-state index in [1.165, 1.54) is 5.56 Å². The van der Waals surface area contributed by atoms with Gasteiger partial charge < -0.3 is 9.72 Å². The molecule has 1 unspecified atom stereocenters. The Kier molecular flexibility index (Phi) is 6.21. The van der Waals surface area contributed by atoms with Crippen molar-refractivity contribution in [1.29, 1.82) is 0 Å². The van der Waals surface area contributed by atoms with Crippen molar-refractivity contribution in [2.75, 3.05) is 6.61 Å². The summed E-state index contributed by atoms with van der Waals surface area (Å²) in [7, 11) is 0. The molecule has 0 radical (unpaired) electrons. The number of carbonyl (C=O) groups excluding carboxylic acids is 1. The molecule has 0 amide bonds. The van der Waals surface area contributed by atoms with Crippen LogP contribution in [0.1, 0.15) is 63.2 Å². The van der Waals surface area contributed by atoms with Crippen molar-refractivity contribution in [2.24, 2.45) is 0 Å². The maximum absolute atomic E-state index is 13.9. The Balaban J connectivity index is 1.89. The molecular weight excluding hydrogens is 402 g/mol. The van der Waals surface area contributed by atoms with Gasteiger partial charge in [0, 0.05) is 28.7 Å². The molecular formula is C26H31N3O3. The molecule has 0 aliphatic carbocycles. The lowest BCUT2D eigenvalue weighted by Crippen LogP contribution is -2.30. The smallest absolute Gasteiger partial charge is 0.329 e. The number of nitrogens with zero attached hydrogens (tertiary/aromatic N) is 2. The topological polar surface area (TPSA) is 69.0 Å². The quantitative estimate of drug-likeness (QED) is 0.373. The number of nitrogens with one attached hydrogen (secondary N) is 1. The molecule has 4 aromatic rings. The standard InChI is InChI=1S/C26H31N3O3/c1-5-10-19(15-24(30)32-6-2)29-23-14-8-7-13-22(23)28(26(29)31)18(4)20-16-27-21-12-9-11-17(3)25(20)21/h7-9,11-14,16,18-19,27H,5-6,10,15H2,1-4H3/t18-,19?/m0/s1. The number of carbonyl (C=O) groups is 1. The summed E-state index contributed by atoms with van der Waals surface area (Å²) in [5, 5.41) is 1.15. The van der Waals surface area contributed by atoms with E-state index in [2.05, 4.69) is 37.9 Å². The summed E-state index contributed by atoms with van der Waals surface area (Å²) < 4.78 is 8.86. The van der Waals surface area contributed by atoms with Crippen LogP contribution in [0.4, 0.5) is 0 Å². The summed E-state index contributed by atoms with van der Waals surface area (Å²) in [6.45, 7) is 8.36. The van der Waals surface area contributed by atoms with Crippen molar-refractivity contribution in [3.63, 3.8) is 0 Å². The van der Waals surface area contributed by atoms with Gasteiger partial charge >= 0.3 is 11.7 Å². The molecule has 2 atom stereocenters. The van der Waals surface area contributed by atoms with Gasteiger partial charge in [0.15, 0.2) is 0 Å². The highest BCUT2D eigenvalue weighted by atomic mass is 16.5. The number of aromatic amines is 1. The average Bonchev–Trinajstić information content (AvgIpc) is 3.33. The number of benzene rings is 2. The number of aryl methyl sites for hydroxylation is 1. The van der Waals surface area contributed by atoms with Crippen molar-refractivity contribution < 1.29 is 9.53 Å². The number of aromatic nitrogens is 3. The number of imidazole rings is 1. The summed E-state index contributed by atoms with van der Waals surface area (Å²) in [5.41, 5.74) is 4.95. The fourth-order valence-electron chi connectivity index (χ4n) is 4.86. The second kappa shape index (κ2) is 9.07. The Bertz CT molecular complexity index is 1310. The van der Waals surface area contributed by atoms with Gasteiger partial charge in [-0.15, -0.1) is 0 Å². The number of esters is 1. The van der Waals surface area contributed by atoms with E-state index in [-0.39, 0.29) is 30.2 Å². The molecule has 0 aliphatic rings. The van der Waals surface area contributed by atoms with Gasteiger partial charge in [-0.1, -0.05) is 37.6 Å². The minimum Gasteiger partial charge on any atom is -0.466 e. The Hall–Kier alpha value is -3.28. The van der Waals surface area contributed by atoms with E-state index in [1.54, 1.807) is 11.5 Å². The maximum atomic E-state index is 13.9. The molecule has 0 fully saturated rings. The summed E-state index contributed by atoms with van der Waals surface area (Å²) >= 11 is 0. The Morgan fingerprint density at radius 1 is 1.06 bits per heavy atom. The van der Waals surface area contributed by atoms with Crippen LogP contribution in [0.15, 0.2) is 53.5 Å². The van der Waals surface area contributed by atoms with Crippen molar-refractivity contribution in [2.45, 2.75) is 59.0 Å². The minimum absolute atomic E-state index is 0.0932. The summed E-state index contributed by atoms with van der Waals surface area (Å²) in [6.07, 6.45) is 3.79. The second-order valence-corrected chi connectivity index (χ2v) is 8.38. The third kappa shape index (κ3) is 3.74. The highest BCUT2D eigenvalue weighted by molar-refractivity contribution is 5.87. The third-order valence-electron chi connectivity index (χ3n) is 6.29. The summed E-state index contributed by atoms with van der Waals surface area (Å²) in [6, 6.07) is 13.6. The van der Waals surface area contributed by atoms with Gasteiger partial charge in [-0.2, -0.15) is 0 Å². The van der Waals surface area contributed by atoms with E-state index < -0.39 is 0 Å². The first-order valence-corrected chi connectivity index (χ1v) is 11.4. The zero-order valence-electron chi connectivity index (χ0n) is 19.2. The molecule has 0 bridgehead atoms. The van der Waals surface area contributed by atoms with Crippen LogP contribution in [0.3, 0.4) is 0 Å². The first kappa shape index (κ1) is 21.9. The van der Waals surface area contributed by atoms with Crippen molar-refractivity contribution in [3.05, 3.63) is 70.3 Å². The molecule has 4 rings (SSSR count). The normalized spacial score (nSPS) is 13.5. The largest absolute Gasteiger partial charge is 0.466 e. The van der Waals surface area contributed by atoms with Crippen LogP contribution < -0.4 is 5.69 Å². The zero-order chi connectivity index (χ0) is 22.8. The van der Waals surface area contributed by atoms with E-state index in [1.807, 2.05) is 41.1 Å². The van der Waals surface area contributed by atoms with E-state index in [0.717, 1.165) is 40.3 Å². The molecule has 2 aromatic heterocycles. The van der Waals surface area contributed by atoms with Gasteiger partial charge in [0.1, 0.15) is 0 Å². The maximum Gasteiger partial charge on any atom is 0.329 e. The molecule has 0 saturated heterocycles. The number of fused-ring (bicyclic) bond motifs is 2. The molecule has 32 heavy (non-hydrogen) atoms. The van der Waals surface area contributed by atoms with Crippen molar-refractivity contribution in [3.8, 4) is 0 Å². The minimum atomic E-state index is -0.269. The van der Waals surface area contributed by atoms with Crippen LogP contribution in [0.2, 0.25) is 0 Å². The first-order valence-electron chi connectivity index (χ1n) is 11.4. The van der Waals surface area contributed by atoms with E-state index in [4.69, 9.17) is 4.74 Å². The lowest BCUT2D eigenvalue weighted by molar-refractivity contribution is -0.144. The van der Waals surface area contributed by atoms with Gasteiger partial charge in [0.25, 0.3) is 0 Å². The highest BCUT2D eigenvalue weighted by Gasteiger charge is 2.26. The van der Waals surface area contributed by atoms with Gasteiger partial charge in [0.05, 0.1) is 30.1 Å². The van der Waals surface area contributed by atoms with E-state index in [9.17, 15) is 9.59 Å². The van der Waals surface area contributed by atoms with Crippen LogP contribution in [-0.4, -0.2) is 26.7 Å². The number of para-hydroxylation sites is 2. The fraction of sp³-hybridized carbons (Fsp3) is 0.385. The first-order chi connectivity index (χ1) is 15.5. The Morgan fingerprint density at radius 2 is 1.78 bits per heavy atom. The molecule has 0 aliphatic heterocycles. The van der Waals surface area contributed by atoms with Gasteiger partial charge in [-0.25, -0.2) is 4.79 Å². The summed E-state index contributed by atoms with van der Waals surface area (Å²) in [4.78, 5) is 29.5. The number of rotatable bonds is 8. The van der Waals surface area contributed by atoms with Crippen LogP contribution in [-0.2, 0) is 9.53 Å². The fourth-order valence-corrected chi connectivity index (χ4v) is 4.86. The number of H-pyrrole nitrogens is 1. The monoisotopic (exact) mass is 433 g/mol. The lowest BCUT2D eigenvalue weighted by atomic mass is 10.0. The number of hydrogen-bond donors (Lipinski definition) is 1. The van der Waals surface area contributed by atoms with Crippen LogP contribution in [0, 0.1) is 6.92 Å². The highest BCUT2D eigenvalue weighted by Crippen LogP contribution is 2.32. The molecule has 0 spiro atoms. The molecule has 2 aromatic carbocycles. The van der Waals surface area contributed by atoms with Gasteiger partial charge in [0.2, 0.25) is 0 Å². The lowest BCUT2D eigenvalue weighted by Gasteiger charge is -2.18. The molecule has 6 nitrogen and oxygen atoms in total. The third-order valence-corrected chi connectivity index (χ3v) is 6.29. The average molecular weight is 434 g/mol. The Labute approximate surface area is 187 Å². The van der Waals surface area contributed by atoms with Crippen LogP contribution in [0.5, 0.6) is 0 Å². The van der Waals surface area contributed by atoms with Gasteiger partial charge in [-0.3, -0.25) is 13.9 Å². The van der Waals surface area contributed by atoms with Crippen molar-refractivity contribution in [1.82, 2.24) is 14.1 Å². The predicted octanol–water partition coefficient (Wildman–Crippen LogP) is 5.50. The molecule has 2 heterocycles. The van der Waals surface area contributed by atoms with E-state index in [0.29, 0.717) is 6.61 Å². The van der Waals surface area contributed by atoms with Crippen molar-refractivity contribution >= 4 is 27.9 Å². The SMILES string of the molecule is CCCC(CC(=O)OCC)n1c(=O)n([C@@H](C)c2c[nH]c3cccc(C)c23)c2ccccc21. The number of hydrogen-bond acceptors (Lipinski definition) is 3. The number of ether oxygens (including phenoxy) is 1. The van der Waals surface area contributed by atoms with Gasteiger partial charge in [-0.05, 0) is 51.0 Å². The predicted molar refractivity (Wildman–Crippen MR) is 128 cm³/mol. The molecule has 1 N–H and O–H groups in total. The summed E-state index contributed by atoms with van der Waals surface area (Å²) in [5.74, 6) is -0.269. The van der Waals surface area contributed by atoms with E-state index >= 15 is 0 Å². The second-order valence-electron chi connectivity index (χ2n) is 8.38. The zero-order valence-corrected chi connectivity index (χ0v) is 19.2. The molecule has 6 heteroatoms. The van der Waals surface area contributed by atoms with Crippen LogP contribution >= 0.6 is 0 Å². The Morgan fingerprint density at radius 3 is 2.47 bits per heavy atom. The molecule has 168 valence electrons. The van der Waals surface area contributed by atoms with Crippen LogP contribution in [0.25, 0.3) is 21.9 Å². The molecule has 0 saturated carbocycles.